The van der Waals surface area contributed by atoms with E-state index in [-0.39, 0.29) is 17.5 Å². The van der Waals surface area contributed by atoms with Gasteiger partial charge in [0, 0.05) is 40.8 Å². The van der Waals surface area contributed by atoms with E-state index in [1.807, 2.05) is 24.8 Å². The molecule has 2 N–H and O–H groups in total. The van der Waals surface area contributed by atoms with Crippen LogP contribution in [0.1, 0.15) is 67.5 Å². The number of halogens is 1. The molecule has 168 valence electrons. The Bertz CT molecular complexity index is 1050. The third-order valence-electron chi connectivity index (χ3n) is 6.22. The molecule has 1 atom stereocenters. The molecule has 2 aromatic rings. The summed E-state index contributed by atoms with van der Waals surface area (Å²) in [6.45, 7) is 1.88. The van der Waals surface area contributed by atoms with Crippen LogP contribution in [-0.2, 0) is 28.6 Å². The first-order valence-electron chi connectivity index (χ1n) is 11.0. The predicted octanol–water partition coefficient (Wildman–Crippen LogP) is 4.82. The number of H-pyrrole nitrogens is 1. The van der Waals surface area contributed by atoms with Crippen molar-refractivity contribution >= 4 is 21.8 Å². The standard InChI is InChI=1S/C23H30FN3O2S2/c1-16(18-7-3-2-4-8-18)27-31(28,29)11-10-22-21-15-30-14-19(23(21)26-25-22)12-17-6-5-9-20(24)13-17/h5-6,9,13,19,27H,2-4,7-8,10-12,14-15H2,1H3,(H,25,26). The third-order valence-corrected chi connectivity index (χ3v) is 8.71. The molecule has 0 spiro atoms. The summed E-state index contributed by atoms with van der Waals surface area (Å²) in [5.41, 5.74) is 6.03. The molecule has 2 aliphatic rings. The summed E-state index contributed by atoms with van der Waals surface area (Å²) in [7, 11) is -3.40. The number of benzene rings is 1. The molecule has 1 aromatic carbocycles. The van der Waals surface area contributed by atoms with Gasteiger partial charge >= 0.3 is 0 Å². The van der Waals surface area contributed by atoms with Crippen molar-refractivity contribution in [1.82, 2.24) is 14.9 Å². The fraction of sp³-hybridized carbons (Fsp3) is 0.522. The predicted molar refractivity (Wildman–Crippen MR) is 124 cm³/mol. The zero-order chi connectivity index (χ0) is 21.8. The van der Waals surface area contributed by atoms with Crippen molar-refractivity contribution in [2.75, 3.05) is 11.5 Å². The lowest BCUT2D eigenvalue weighted by Gasteiger charge is -2.21. The Morgan fingerprint density at radius 3 is 2.87 bits per heavy atom. The van der Waals surface area contributed by atoms with Gasteiger partial charge in [-0.25, -0.2) is 12.8 Å². The summed E-state index contributed by atoms with van der Waals surface area (Å²) in [4.78, 5) is 0. The summed E-state index contributed by atoms with van der Waals surface area (Å²) in [5, 5.41) is 7.63. The van der Waals surface area contributed by atoms with E-state index in [2.05, 4.69) is 14.9 Å². The normalized spacial score (nSPS) is 19.2. The van der Waals surface area contributed by atoms with Gasteiger partial charge in [0.2, 0.25) is 10.0 Å². The summed E-state index contributed by atoms with van der Waals surface area (Å²) >= 11 is 1.82. The number of hydrogen-bond acceptors (Lipinski definition) is 4. The minimum absolute atomic E-state index is 0.0332. The van der Waals surface area contributed by atoms with Crippen molar-refractivity contribution in [3.63, 3.8) is 0 Å². The first kappa shape index (κ1) is 22.4. The van der Waals surface area contributed by atoms with Crippen molar-refractivity contribution in [2.24, 2.45) is 0 Å². The first-order valence-corrected chi connectivity index (χ1v) is 13.8. The van der Waals surface area contributed by atoms with Crippen LogP contribution in [0.25, 0.3) is 0 Å². The zero-order valence-corrected chi connectivity index (χ0v) is 19.5. The fourth-order valence-corrected chi connectivity index (χ4v) is 6.95. The Balaban J connectivity index is 1.41. The Morgan fingerprint density at radius 2 is 2.10 bits per heavy atom. The van der Waals surface area contributed by atoms with Crippen LogP contribution in [0.3, 0.4) is 0 Å². The molecule has 1 aliphatic carbocycles. The van der Waals surface area contributed by atoms with E-state index in [1.54, 1.807) is 12.1 Å². The number of fused-ring (bicyclic) bond motifs is 1. The second kappa shape index (κ2) is 9.77. The second-order valence-electron chi connectivity index (χ2n) is 8.57. The average Bonchev–Trinajstić information content (AvgIpc) is 3.17. The molecule has 0 amide bonds. The summed E-state index contributed by atoms with van der Waals surface area (Å²) in [6.07, 6.45) is 6.64. The highest BCUT2D eigenvalue weighted by Gasteiger charge is 2.27. The van der Waals surface area contributed by atoms with Crippen LogP contribution in [0.2, 0.25) is 0 Å². The van der Waals surface area contributed by atoms with Crippen molar-refractivity contribution in [1.29, 1.82) is 0 Å². The smallest absolute Gasteiger partial charge is 0.232 e. The number of aromatic amines is 1. The largest absolute Gasteiger partial charge is 0.288 e. The van der Waals surface area contributed by atoms with Crippen LogP contribution in [0, 0.1) is 5.82 Å². The van der Waals surface area contributed by atoms with Crippen LogP contribution < -0.4 is 4.72 Å². The summed E-state index contributed by atoms with van der Waals surface area (Å²) < 4.78 is 41.7. The quantitative estimate of drug-likeness (QED) is 0.617. The average molecular weight is 464 g/mol. The van der Waals surface area contributed by atoms with Gasteiger partial charge in [-0.3, -0.25) is 9.82 Å². The summed E-state index contributed by atoms with van der Waals surface area (Å²) in [5.74, 6) is 1.78. The lowest BCUT2D eigenvalue weighted by molar-refractivity contribution is 0.576. The monoisotopic (exact) mass is 463 g/mol. The number of sulfonamides is 1. The Kier molecular flexibility index (Phi) is 7.06. The lowest BCUT2D eigenvalue weighted by atomic mass is 9.94. The van der Waals surface area contributed by atoms with Gasteiger partial charge in [0.1, 0.15) is 5.82 Å². The van der Waals surface area contributed by atoms with Crippen LogP contribution in [-0.4, -0.2) is 30.1 Å². The highest BCUT2D eigenvalue weighted by molar-refractivity contribution is 7.98. The minimum atomic E-state index is -3.40. The SMILES string of the molecule is CC(NS(=O)(=O)CCc1[nH]nc2c1CSCC2Cc1cccc(F)c1)=C1CCCCC1. The molecule has 1 aliphatic heterocycles. The molecule has 2 heterocycles. The molecule has 0 bridgehead atoms. The number of thioether (sulfide) groups is 1. The van der Waals surface area contributed by atoms with Gasteiger partial charge in [-0.1, -0.05) is 24.1 Å². The molecule has 31 heavy (non-hydrogen) atoms. The molecule has 1 saturated carbocycles. The van der Waals surface area contributed by atoms with Gasteiger partial charge in [0.05, 0.1) is 11.4 Å². The molecule has 0 saturated heterocycles. The van der Waals surface area contributed by atoms with E-state index < -0.39 is 10.0 Å². The van der Waals surface area contributed by atoms with Crippen molar-refractivity contribution in [3.05, 3.63) is 63.9 Å². The number of aryl methyl sites for hydroxylation is 1. The maximum Gasteiger partial charge on any atom is 0.232 e. The highest BCUT2D eigenvalue weighted by atomic mass is 32.2. The Morgan fingerprint density at radius 1 is 1.29 bits per heavy atom. The molecule has 0 radical (unpaired) electrons. The van der Waals surface area contributed by atoms with Gasteiger partial charge in [-0.05, 0) is 56.7 Å². The van der Waals surface area contributed by atoms with Crippen LogP contribution in [0.5, 0.6) is 0 Å². The molecule has 8 heteroatoms. The van der Waals surface area contributed by atoms with Gasteiger partial charge in [-0.2, -0.15) is 16.9 Å². The van der Waals surface area contributed by atoms with Crippen molar-refractivity contribution < 1.29 is 12.8 Å². The minimum Gasteiger partial charge on any atom is -0.288 e. The van der Waals surface area contributed by atoms with Crippen molar-refractivity contribution in [3.8, 4) is 0 Å². The molecule has 1 unspecified atom stereocenters. The number of rotatable bonds is 7. The zero-order valence-electron chi connectivity index (χ0n) is 17.9. The number of nitrogens with one attached hydrogen (secondary N) is 2. The lowest BCUT2D eigenvalue weighted by Crippen LogP contribution is -2.27. The number of hydrogen-bond donors (Lipinski definition) is 2. The van der Waals surface area contributed by atoms with E-state index in [4.69, 9.17) is 0 Å². The van der Waals surface area contributed by atoms with Crippen molar-refractivity contribution in [2.45, 2.75) is 63.5 Å². The van der Waals surface area contributed by atoms with Gasteiger partial charge < -0.3 is 0 Å². The summed E-state index contributed by atoms with van der Waals surface area (Å²) in [6, 6.07) is 6.71. The second-order valence-corrected chi connectivity index (χ2v) is 11.4. The number of allylic oxidation sites excluding steroid dienone is 2. The van der Waals surface area contributed by atoms with E-state index >= 15 is 0 Å². The molecular weight excluding hydrogens is 433 g/mol. The molecule has 1 aromatic heterocycles. The maximum absolute atomic E-state index is 13.5. The Labute approximate surface area is 188 Å². The van der Waals surface area contributed by atoms with Gasteiger partial charge in [0.25, 0.3) is 0 Å². The molecule has 4 rings (SSSR count). The molecular formula is C23H30FN3O2S2. The number of aromatic nitrogens is 2. The van der Waals surface area contributed by atoms with E-state index in [1.165, 1.54) is 18.1 Å². The van der Waals surface area contributed by atoms with E-state index in [0.717, 1.165) is 71.8 Å². The molecule has 1 fully saturated rings. The maximum atomic E-state index is 13.5. The fourth-order valence-electron chi connectivity index (χ4n) is 4.56. The van der Waals surface area contributed by atoms with Gasteiger partial charge in [0.15, 0.2) is 0 Å². The van der Waals surface area contributed by atoms with Crippen LogP contribution in [0.15, 0.2) is 35.5 Å². The van der Waals surface area contributed by atoms with Gasteiger partial charge in [-0.15, -0.1) is 0 Å². The number of nitrogens with zero attached hydrogens (tertiary/aromatic N) is 1. The highest BCUT2D eigenvalue weighted by Crippen LogP contribution is 2.36. The topological polar surface area (TPSA) is 74.8 Å². The van der Waals surface area contributed by atoms with E-state index in [9.17, 15) is 12.8 Å². The first-order chi connectivity index (χ1) is 14.9. The molecule has 5 nitrogen and oxygen atoms in total. The Hall–Kier alpha value is -1.80. The third kappa shape index (κ3) is 5.71. The van der Waals surface area contributed by atoms with E-state index in [0.29, 0.717) is 6.42 Å². The van der Waals surface area contributed by atoms with Crippen LogP contribution in [0.4, 0.5) is 4.39 Å². The van der Waals surface area contributed by atoms with Crippen LogP contribution >= 0.6 is 11.8 Å².